The molecule has 0 saturated heterocycles. The molecule has 1 amide bonds. The second-order valence-corrected chi connectivity index (χ2v) is 5.51. The lowest BCUT2D eigenvalue weighted by Gasteiger charge is -2.09. The molecule has 0 aliphatic rings. The average molecular weight is 359 g/mol. The van der Waals surface area contributed by atoms with E-state index in [0.717, 1.165) is 5.39 Å². The maximum Gasteiger partial charge on any atom is 0.307 e. The van der Waals surface area contributed by atoms with Gasteiger partial charge in [0.2, 0.25) is 0 Å². The largest absolute Gasteiger partial charge is 0.493 e. The predicted octanol–water partition coefficient (Wildman–Crippen LogP) is 3.87. The number of ether oxygens (including phenoxy) is 2. The van der Waals surface area contributed by atoms with Gasteiger partial charge in [0.15, 0.2) is 17.3 Å². The molecule has 0 saturated carbocycles. The summed E-state index contributed by atoms with van der Waals surface area (Å²) in [5.74, 6) is 0.783. The number of nitrogens with zero attached hydrogens (tertiary/aromatic N) is 1. The van der Waals surface area contributed by atoms with Crippen LogP contribution in [-0.4, -0.2) is 26.3 Å². The van der Waals surface area contributed by atoms with E-state index in [2.05, 4.69) is 10.5 Å². The summed E-state index contributed by atoms with van der Waals surface area (Å²) in [6.45, 7) is 0. The monoisotopic (exact) mass is 358 g/mol. The van der Waals surface area contributed by atoms with Crippen molar-refractivity contribution in [1.82, 2.24) is 5.43 Å². The summed E-state index contributed by atoms with van der Waals surface area (Å²) in [7, 11) is 3.09. The molecule has 7 heteroatoms. The zero-order chi connectivity index (χ0) is 17.8. The molecule has 0 unspecified atom stereocenters. The first-order chi connectivity index (χ1) is 12.1. The molecule has 0 aliphatic heterocycles. The van der Waals surface area contributed by atoms with E-state index >= 15 is 0 Å². The zero-order valence-corrected chi connectivity index (χ0v) is 14.3. The van der Waals surface area contributed by atoms with Crippen molar-refractivity contribution in [3.8, 4) is 11.5 Å². The molecule has 0 aliphatic carbocycles. The van der Waals surface area contributed by atoms with E-state index in [0.29, 0.717) is 27.7 Å². The molecule has 128 valence electrons. The van der Waals surface area contributed by atoms with Crippen molar-refractivity contribution in [1.29, 1.82) is 0 Å². The van der Waals surface area contributed by atoms with Crippen molar-refractivity contribution < 1.29 is 18.7 Å². The Labute approximate surface area is 149 Å². The Kier molecular flexibility index (Phi) is 4.90. The van der Waals surface area contributed by atoms with Gasteiger partial charge in [-0.25, -0.2) is 5.43 Å². The third kappa shape index (κ3) is 3.59. The van der Waals surface area contributed by atoms with Crippen LogP contribution < -0.4 is 14.9 Å². The number of para-hydroxylation sites is 1. The smallest absolute Gasteiger partial charge is 0.307 e. The molecule has 0 bridgehead atoms. The number of nitrogens with one attached hydrogen (secondary N) is 1. The molecule has 0 atom stereocenters. The van der Waals surface area contributed by atoms with Crippen molar-refractivity contribution >= 4 is 34.7 Å². The number of carbonyl (C=O) groups excluding carboxylic acids is 1. The summed E-state index contributed by atoms with van der Waals surface area (Å²) >= 11 is 5.92. The summed E-state index contributed by atoms with van der Waals surface area (Å²) < 4.78 is 16.0. The second kappa shape index (κ2) is 7.27. The number of hydrogen-bond acceptors (Lipinski definition) is 5. The molecule has 0 spiro atoms. The van der Waals surface area contributed by atoms with Crippen LogP contribution in [0.4, 0.5) is 0 Å². The second-order valence-electron chi connectivity index (χ2n) is 5.07. The molecular formula is C18H15ClN2O4. The molecule has 1 aromatic heterocycles. The van der Waals surface area contributed by atoms with E-state index in [1.54, 1.807) is 49.6 Å². The number of benzene rings is 2. The molecule has 1 heterocycles. The van der Waals surface area contributed by atoms with Gasteiger partial charge in [-0.05, 0) is 36.4 Å². The van der Waals surface area contributed by atoms with Crippen LogP contribution in [0.2, 0.25) is 5.02 Å². The Bertz CT molecular complexity index is 949. The van der Waals surface area contributed by atoms with Gasteiger partial charge < -0.3 is 13.9 Å². The topological polar surface area (TPSA) is 73.1 Å². The lowest BCUT2D eigenvalue weighted by molar-refractivity contribution is 0.0929. The number of halogens is 1. The first-order valence-corrected chi connectivity index (χ1v) is 7.73. The number of methoxy groups -OCH3 is 2. The van der Waals surface area contributed by atoms with Gasteiger partial charge in [-0.2, -0.15) is 5.10 Å². The first kappa shape index (κ1) is 16.9. The fourth-order valence-corrected chi connectivity index (χ4v) is 2.54. The lowest BCUT2D eigenvalue weighted by atomic mass is 10.2. The summed E-state index contributed by atoms with van der Waals surface area (Å²) in [5, 5.41) is 5.26. The zero-order valence-electron chi connectivity index (χ0n) is 13.6. The van der Waals surface area contributed by atoms with E-state index in [1.165, 1.54) is 13.3 Å². The summed E-state index contributed by atoms with van der Waals surface area (Å²) in [6.07, 6.45) is 1.47. The highest BCUT2D eigenvalue weighted by Crippen LogP contribution is 2.29. The van der Waals surface area contributed by atoms with Gasteiger partial charge in [0.05, 0.1) is 20.4 Å². The summed E-state index contributed by atoms with van der Waals surface area (Å²) in [6, 6.07) is 12.1. The molecule has 0 radical (unpaired) electrons. The number of carbonyl (C=O) groups is 1. The van der Waals surface area contributed by atoms with Crippen LogP contribution in [-0.2, 0) is 0 Å². The van der Waals surface area contributed by atoms with Gasteiger partial charge in [-0.3, -0.25) is 4.79 Å². The van der Waals surface area contributed by atoms with Gasteiger partial charge in [0.1, 0.15) is 5.58 Å². The molecular weight excluding hydrogens is 344 g/mol. The third-order valence-corrected chi connectivity index (χ3v) is 3.74. The number of furan rings is 1. The molecule has 2 aromatic carbocycles. The van der Waals surface area contributed by atoms with Crippen molar-refractivity contribution in [2.45, 2.75) is 0 Å². The normalized spacial score (nSPS) is 11.0. The van der Waals surface area contributed by atoms with Crippen molar-refractivity contribution in [2.24, 2.45) is 5.10 Å². The predicted molar refractivity (Wildman–Crippen MR) is 95.8 cm³/mol. The quantitative estimate of drug-likeness (QED) is 0.555. The number of amides is 1. The van der Waals surface area contributed by atoms with Gasteiger partial charge >= 0.3 is 5.91 Å². The first-order valence-electron chi connectivity index (χ1n) is 7.36. The van der Waals surface area contributed by atoms with E-state index in [9.17, 15) is 4.79 Å². The van der Waals surface area contributed by atoms with Crippen molar-refractivity contribution in [3.63, 3.8) is 0 Å². The molecule has 0 fully saturated rings. The highest BCUT2D eigenvalue weighted by atomic mass is 35.5. The molecule has 3 aromatic rings. The number of hydrazone groups is 1. The fourth-order valence-electron chi connectivity index (χ4n) is 2.36. The van der Waals surface area contributed by atoms with Gasteiger partial charge in [0.25, 0.3) is 0 Å². The highest BCUT2D eigenvalue weighted by molar-refractivity contribution is 6.31. The fraction of sp³-hybridized carbons (Fsp3) is 0.111. The SMILES string of the molecule is COc1cccc(/C=N/NC(=O)c2cc3cc(Cl)ccc3o2)c1OC. The summed E-state index contributed by atoms with van der Waals surface area (Å²) in [4.78, 5) is 12.2. The minimum Gasteiger partial charge on any atom is -0.493 e. The Morgan fingerprint density at radius 1 is 1.20 bits per heavy atom. The van der Waals surface area contributed by atoms with Gasteiger partial charge in [-0.15, -0.1) is 0 Å². The molecule has 6 nitrogen and oxygen atoms in total. The van der Waals surface area contributed by atoms with Crippen LogP contribution in [0.25, 0.3) is 11.0 Å². The van der Waals surface area contributed by atoms with Crippen LogP contribution in [0.3, 0.4) is 0 Å². The Morgan fingerprint density at radius 2 is 2.04 bits per heavy atom. The minimum absolute atomic E-state index is 0.145. The molecule has 25 heavy (non-hydrogen) atoms. The Balaban J connectivity index is 1.76. The van der Waals surface area contributed by atoms with Crippen LogP contribution in [0, 0.1) is 0 Å². The minimum atomic E-state index is -0.467. The standard InChI is InChI=1S/C18H15ClN2O4/c1-23-15-5-3-4-11(17(15)24-2)10-20-21-18(22)16-9-12-8-13(19)6-7-14(12)25-16/h3-10H,1-2H3,(H,21,22)/b20-10+. The summed E-state index contributed by atoms with van der Waals surface area (Å²) in [5.41, 5.74) is 3.66. The highest BCUT2D eigenvalue weighted by Gasteiger charge is 2.12. The average Bonchev–Trinajstić information content (AvgIpc) is 3.04. The van der Waals surface area contributed by atoms with E-state index < -0.39 is 5.91 Å². The Hall–Kier alpha value is -2.99. The molecule has 1 N–H and O–H groups in total. The van der Waals surface area contributed by atoms with E-state index in [4.69, 9.17) is 25.5 Å². The van der Waals surface area contributed by atoms with Crippen LogP contribution >= 0.6 is 11.6 Å². The number of hydrogen-bond donors (Lipinski definition) is 1. The van der Waals surface area contributed by atoms with Gasteiger partial charge in [0, 0.05) is 16.0 Å². The third-order valence-electron chi connectivity index (χ3n) is 3.51. The van der Waals surface area contributed by atoms with Crippen LogP contribution in [0.15, 0.2) is 52.0 Å². The lowest BCUT2D eigenvalue weighted by Crippen LogP contribution is -2.16. The van der Waals surface area contributed by atoms with E-state index in [1.807, 2.05) is 0 Å². The van der Waals surface area contributed by atoms with Crippen LogP contribution in [0.1, 0.15) is 16.1 Å². The number of rotatable bonds is 5. The molecule has 3 rings (SSSR count). The van der Waals surface area contributed by atoms with Crippen LogP contribution in [0.5, 0.6) is 11.5 Å². The number of fused-ring (bicyclic) bond motifs is 1. The van der Waals surface area contributed by atoms with Gasteiger partial charge in [-0.1, -0.05) is 17.7 Å². The Morgan fingerprint density at radius 3 is 2.80 bits per heavy atom. The van der Waals surface area contributed by atoms with Crippen molar-refractivity contribution in [2.75, 3.05) is 14.2 Å². The van der Waals surface area contributed by atoms with Crippen molar-refractivity contribution in [3.05, 3.63) is 58.8 Å². The maximum absolute atomic E-state index is 12.2. The maximum atomic E-state index is 12.2. The van der Waals surface area contributed by atoms with E-state index in [-0.39, 0.29) is 5.76 Å².